The molecule has 0 aliphatic heterocycles. The average Bonchev–Trinajstić information content (AvgIpc) is 2.55. The summed E-state index contributed by atoms with van der Waals surface area (Å²) in [5.74, 6) is -3.53. The highest BCUT2D eigenvalue weighted by Crippen LogP contribution is 2.25. The van der Waals surface area contributed by atoms with E-state index in [1.54, 1.807) is 0 Å². The minimum atomic E-state index is -1.10. The summed E-state index contributed by atoms with van der Waals surface area (Å²) in [7, 11) is 0. The predicted octanol–water partition coefficient (Wildman–Crippen LogP) is 3.00. The molecule has 0 atom stereocenters. The van der Waals surface area contributed by atoms with Crippen LogP contribution < -0.4 is 15.4 Å². The fraction of sp³-hybridized carbons (Fsp3) is 0.125. The number of ether oxygens (including phenoxy) is 1. The Morgan fingerprint density at radius 2 is 1.76 bits per heavy atom. The van der Waals surface area contributed by atoms with Gasteiger partial charge >= 0.3 is 0 Å². The first kappa shape index (κ1) is 18.8. The van der Waals surface area contributed by atoms with Gasteiger partial charge in [0.2, 0.25) is 5.91 Å². The van der Waals surface area contributed by atoms with Crippen molar-refractivity contribution >= 4 is 33.4 Å². The summed E-state index contributed by atoms with van der Waals surface area (Å²) in [6.45, 7) is -0.769. The number of benzene rings is 2. The quantitative estimate of drug-likeness (QED) is 0.760. The van der Waals surface area contributed by atoms with Crippen LogP contribution in [0.3, 0.4) is 0 Å². The van der Waals surface area contributed by atoms with Crippen LogP contribution in [0.5, 0.6) is 5.75 Å². The molecule has 2 rings (SSSR count). The van der Waals surface area contributed by atoms with Gasteiger partial charge in [-0.25, -0.2) is 13.2 Å². The first-order valence-corrected chi connectivity index (χ1v) is 7.74. The van der Waals surface area contributed by atoms with Crippen LogP contribution in [-0.2, 0) is 9.59 Å². The van der Waals surface area contributed by atoms with E-state index in [4.69, 9.17) is 4.74 Å². The number of halogens is 4. The zero-order valence-electron chi connectivity index (χ0n) is 12.6. The van der Waals surface area contributed by atoms with Crippen molar-refractivity contribution in [2.24, 2.45) is 0 Å². The van der Waals surface area contributed by atoms with Crippen molar-refractivity contribution in [3.8, 4) is 5.75 Å². The molecule has 25 heavy (non-hydrogen) atoms. The Hall–Kier alpha value is -2.55. The van der Waals surface area contributed by atoms with Crippen molar-refractivity contribution < 1.29 is 27.5 Å². The molecule has 2 N–H and O–H groups in total. The average molecular weight is 417 g/mol. The lowest BCUT2D eigenvalue weighted by molar-refractivity contribution is -0.125. The molecule has 0 spiro atoms. The summed E-state index contributed by atoms with van der Waals surface area (Å²) in [5, 5.41) is 4.60. The molecule has 0 unspecified atom stereocenters. The molecule has 0 aromatic heterocycles. The summed E-state index contributed by atoms with van der Waals surface area (Å²) in [6.07, 6.45) is 0. The maximum absolute atomic E-state index is 13.0. The highest BCUT2D eigenvalue weighted by Gasteiger charge is 2.10. The van der Waals surface area contributed by atoms with Crippen molar-refractivity contribution in [1.29, 1.82) is 0 Å². The third kappa shape index (κ3) is 5.79. The largest absolute Gasteiger partial charge is 0.483 e. The number of hydrogen-bond acceptors (Lipinski definition) is 3. The van der Waals surface area contributed by atoms with Crippen molar-refractivity contribution in [3.63, 3.8) is 0 Å². The number of rotatable bonds is 6. The lowest BCUT2D eigenvalue weighted by atomic mass is 10.3. The van der Waals surface area contributed by atoms with E-state index in [9.17, 15) is 22.8 Å². The van der Waals surface area contributed by atoms with Gasteiger partial charge in [0.05, 0.1) is 11.0 Å². The van der Waals surface area contributed by atoms with Crippen LogP contribution in [0.25, 0.3) is 0 Å². The topological polar surface area (TPSA) is 67.4 Å². The minimum absolute atomic E-state index is 0.0599. The van der Waals surface area contributed by atoms with Crippen molar-refractivity contribution in [3.05, 3.63) is 58.3 Å². The Bertz CT molecular complexity index is 802. The first-order valence-electron chi connectivity index (χ1n) is 6.94. The van der Waals surface area contributed by atoms with Crippen LogP contribution >= 0.6 is 15.9 Å². The molecule has 0 saturated carbocycles. The van der Waals surface area contributed by atoms with E-state index in [2.05, 4.69) is 26.6 Å². The zero-order chi connectivity index (χ0) is 18.4. The maximum atomic E-state index is 13.0. The fourth-order valence-electron chi connectivity index (χ4n) is 1.74. The number of carbonyl (C=O) groups is 2. The van der Waals surface area contributed by atoms with Gasteiger partial charge in [0.1, 0.15) is 11.6 Å². The summed E-state index contributed by atoms with van der Waals surface area (Å²) in [5.41, 5.74) is 0.0599. The number of nitrogens with one attached hydrogen (secondary N) is 2. The van der Waals surface area contributed by atoms with Crippen LogP contribution in [0, 0.1) is 17.5 Å². The Morgan fingerprint density at radius 1 is 1.00 bits per heavy atom. The van der Waals surface area contributed by atoms with Gasteiger partial charge in [0.15, 0.2) is 18.2 Å². The minimum Gasteiger partial charge on any atom is -0.483 e. The summed E-state index contributed by atoms with van der Waals surface area (Å²) >= 11 is 3.09. The molecular formula is C16H12BrF3N2O3. The normalized spacial score (nSPS) is 10.2. The van der Waals surface area contributed by atoms with Gasteiger partial charge in [-0.2, -0.15) is 0 Å². The summed E-state index contributed by atoms with van der Waals surface area (Å²) < 4.78 is 44.3. The molecule has 0 aliphatic rings. The van der Waals surface area contributed by atoms with E-state index in [1.165, 1.54) is 24.3 Å². The van der Waals surface area contributed by atoms with E-state index in [1.807, 2.05) is 0 Å². The second-order valence-electron chi connectivity index (χ2n) is 4.82. The highest BCUT2D eigenvalue weighted by molar-refractivity contribution is 9.10. The Morgan fingerprint density at radius 3 is 2.44 bits per heavy atom. The van der Waals surface area contributed by atoms with E-state index in [-0.39, 0.29) is 24.6 Å². The van der Waals surface area contributed by atoms with Crippen LogP contribution in [-0.4, -0.2) is 25.0 Å². The van der Waals surface area contributed by atoms with E-state index in [0.29, 0.717) is 4.47 Å². The Kier molecular flexibility index (Phi) is 6.40. The van der Waals surface area contributed by atoms with Crippen molar-refractivity contribution in [2.45, 2.75) is 0 Å². The van der Waals surface area contributed by atoms with Gasteiger partial charge in [-0.3, -0.25) is 9.59 Å². The Balaban J connectivity index is 1.77. The van der Waals surface area contributed by atoms with E-state index in [0.717, 1.165) is 12.1 Å². The van der Waals surface area contributed by atoms with Gasteiger partial charge in [0, 0.05) is 11.8 Å². The SMILES string of the molecule is O=C(COc1ccc(F)cc1Br)NCC(=O)Nc1ccc(F)c(F)c1. The molecule has 2 aromatic rings. The first-order chi connectivity index (χ1) is 11.8. The molecule has 132 valence electrons. The van der Waals surface area contributed by atoms with Crippen molar-refractivity contribution in [1.82, 2.24) is 5.32 Å². The second-order valence-corrected chi connectivity index (χ2v) is 5.67. The van der Waals surface area contributed by atoms with Crippen LogP contribution in [0.2, 0.25) is 0 Å². The molecule has 0 heterocycles. The fourth-order valence-corrected chi connectivity index (χ4v) is 2.21. The van der Waals surface area contributed by atoms with Crippen molar-refractivity contribution in [2.75, 3.05) is 18.5 Å². The molecule has 2 amide bonds. The third-order valence-corrected chi connectivity index (χ3v) is 3.52. The summed E-state index contributed by atoms with van der Waals surface area (Å²) in [6, 6.07) is 6.59. The molecule has 0 saturated heterocycles. The molecule has 0 bridgehead atoms. The van der Waals surface area contributed by atoms with Gasteiger partial charge in [0.25, 0.3) is 5.91 Å². The number of amides is 2. The van der Waals surface area contributed by atoms with Gasteiger partial charge in [-0.05, 0) is 46.3 Å². The molecule has 2 aromatic carbocycles. The van der Waals surface area contributed by atoms with Crippen LogP contribution in [0.4, 0.5) is 18.9 Å². The van der Waals surface area contributed by atoms with Crippen LogP contribution in [0.1, 0.15) is 0 Å². The standard InChI is InChI=1S/C16H12BrF3N2O3/c17-11-5-9(18)1-4-14(11)25-8-16(24)21-7-15(23)22-10-2-3-12(19)13(20)6-10/h1-6H,7-8H2,(H,21,24)(H,22,23). The molecule has 0 fully saturated rings. The molecular weight excluding hydrogens is 405 g/mol. The molecule has 0 radical (unpaired) electrons. The zero-order valence-corrected chi connectivity index (χ0v) is 14.2. The van der Waals surface area contributed by atoms with Gasteiger partial charge < -0.3 is 15.4 Å². The lowest BCUT2D eigenvalue weighted by Gasteiger charge is -2.09. The van der Waals surface area contributed by atoms with Crippen LogP contribution in [0.15, 0.2) is 40.9 Å². The second kappa shape index (κ2) is 8.52. The smallest absolute Gasteiger partial charge is 0.258 e. The number of hydrogen-bond donors (Lipinski definition) is 2. The third-order valence-electron chi connectivity index (χ3n) is 2.90. The summed E-state index contributed by atoms with van der Waals surface area (Å²) in [4.78, 5) is 23.3. The monoisotopic (exact) mass is 416 g/mol. The highest BCUT2D eigenvalue weighted by atomic mass is 79.9. The lowest BCUT2D eigenvalue weighted by Crippen LogP contribution is -2.35. The van der Waals surface area contributed by atoms with Gasteiger partial charge in [-0.15, -0.1) is 0 Å². The van der Waals surface area contributed by atoms with E-state index >= 15 is 0 Å². The van der Waals surface area contributed by atoms with E-state index < -0.39 is 29.3 Å². The van der Waals surface area contributed by atoms with Gasteiger partial charge in [-0.1, -0.05) is 0 Å². The molecule has 0 aliphatic carbocycles. The predicted molar refractivity (Wildman–Crippen MR) is 87.6 cm³/mol. The number of carbonyl (C=O) groups excluding carboxylic acids is 2. The number of anilines is 1. The Labute approximate surface area is 149 Å². The molecule has 9 heteroatoms. The maximum Gasteiger partial charge on any atom is 0.258 e. The molecule has 5 nitrogen and oxygen atoms in total.